The van der Waals surface area contributed by atoms with Gasteiger partial charge in [0.2, 0.25) is 0 Å². The minimum atomic E-state index is -0.446. The third kappa shape index (κ3) is 2.98. The molecule has 1 aromatic rings. The highest BCUT2D eigenvalue weighted by atomic mass is 16.5. The second-order valence-corrected chi connectivity index (χ2v) is 3.44. The van der Waals surface area contributed by atoms with E-state index in [0.717, 1.165) is 5.56 Å². The standard InChI is InChI=1S/C13H14O3/c1-4-10-5-6-12(14)7-11(10)8-16-13(15)9(2)3/h4-7,14H,1-2,8H2,3H3. The monoisotopic (exact) mass is 218 g/mol. The van der Waals surface area contributed by atoms with Crippen LogP contribution in [-0.2, 0) is 16.1 Å². The van der Waals surface area contributed by atoms with Crippen molar-refractivity contribution in [3.8, 4) is 5.75 Å². The maximum atomic E-state index is 11.2. The third-order valence-corrected chi connectivity index (χ3v) is 2.05. The number of phenolic OH excluding ortho intramolecular Hbond substituents is 1. The second kappa shape index (κ2) is 5.16. The highest BCUT2D eigenvalue weighted by Gasteiger charge is 2.06. The predicted octanol–water partition coefficient (Wildman–Crippen LogP) is 2.65. The molecule has 0 aliphatic heterocycles. The van der Waals surface area contributed by atoms with Gasteiger partial charge in [0.15, 0.2) is 0 Å². The lowest BCUT2D eigenvalue weighted by Gasteiger charge is -2.08. The molecule has 0 heterocycles. The SMILES string of the molecule is C=Cc1ccc(O)cc1COC(=O)C(=C)C. The molecule has 0 bridgehead atoms. The van der Waals surface area contributed by atoms with Crippen LogP contribution in [0.2, 0.25) is 0 Å². The van der Waals surface area contributed by atoms with Gasteiger partial charge < -0.3 is 9.84 Å². The molecular weight excluding hydrogens is 204 g/mol. The molecule has 0 fully saturated rings. The van der Waals surface area contributed by atoms with Crippen LogP contribution in [0.5, 0.6) is 5.75 Å². The van der Waals surface area contributed by atoms with Crippen LogP contribution >= 0.6 is 0 Å². The number of phenols is 1. The van der Waals surface area contributed by atoms with Crippen LogP contribution < -0.4 is 0 Å². The molecule has 3 heteroatoms. The maximum absolute atomic E-state index is 11.2. The molecule has 0 unspecified atom stereocenters. The normalized spacial score (nSPS) is 9.56. The van der Waals surface area contributed by atoms with Crippen LogP contribution in [0, 0.1) is 0 Å². The summed E-state index contributed by atoms with van der Waals surface area (Å²) in [5.41, 5.74) is 1.89. The number of hydrogen-bond acceptors (Lipinski definition) is 3. The van der Waals surface area contributed by atoms with Crippen LogP contribution in [0.25, 0.3) is 6.08 Å². The molecule has 16 heavy (non-hydrogen) atoms. The summed E-state index contributed by atoms with van der Waals surface area (Å²) in [4.78, 5) is 11.2. The van der Waals surface area contributed by atoms with Gasteiger partial charge in [0.05, 0.1) is 0 Å². The summed E-state index contributed by atoms with van der Waals surface area (Å²) in [6.07, 6.45) is 1.64. The molecule has 0 saturated heterocycles. The van der Waals surface area contributed by atoms with Gasteiger partial charge in [-0.05, 0) is 24.6 Å². The van der Waals surface area contributed by atoms with E-state index in [2.05, 4.69) is 13.2 Å². The number of carbonyl (C=O) groups excluding carboxylic acids is 1. The van der Waals surface area contributed by atoms with E-state index in [1.54, 1.807) is 31.2 Å². The molecular formula is C13H14O3. The van der Waals surface area contributed by atoms with Gasteiger partial charge >= 0.3 is 5.97 Å². The number of benzene rings is 1. The summed E-state index contributed by atoms with van der Waals surface area (Å²) in [5.74, 6) is -0.315. The lowest BCUT2D eigenvalue weighted by molar-refractivity contribution is -0.140. The molecule has 0 atom stereocenters. The van der Waals surface area contributed by atoms with Crippen LogP contribution in [0.15, 0.2) is 36.9 Å². The Kier molecular flexibility index (Phi) is 3.89. The fourth-order valence-electron chi connectivity index (χ4n) is 1.18. The number of hydrogen-bond donors (Lipinski definition) is 1. The molecule has 0 aromatic heterocycles. The quantitative estimate of drug-likeness (QED) is 0.624. The lowest BCUT2D eigenvalue weighted by atomic mass is 10.1. The first-order valence-corrected chi connectivity index (χ1v) is 4.81. The van der Waals surface area contributed by atoms with Crippen LogP contribution in [0.1, 0.15) is 18.1 Å². The molecule has 1 aromatic carbocycles. The molecule has 1 N–H and O–H groups in total. The van der Waals surface area contributed by atoms with Crippen LogP contribution in [0.4, 0.5) is 0 Å². The zero-order valence-electron chi connectivity index (χ0n) is 9.19. The summed E-state index contributed by atoms with van der Waals surface area (Å²) in [7, 11) is 0. The van der Waals surface area contributed by atoms with E-state index in [1.165, 1.54) is 0 Å². The molecule has 0 aliphatic rings. The van der Waals surface area contributed by atoms with Gasteiger partial charge in [-0.1, -0.05) is 25.3 Å². The number of carbonyl (C=O) groups is 1. The van der Waals surface area contributed by atoms with Crippen molar-refractivity contribution in [1.82, 2.24) is 0 Å². The van der Waals surface area contributed by atoms with E-state index in [9.17, 15) is 9.90 Å². The van der Waals surface area contributed by atoms with Crippen molar-refractivity contribution in [2.24, 2.45) is 0 Å². The first kappa shape index (κ1) is 12.0. The van der Waals surface area contributed by atoms with E-state index in [-0.39, 0.29) is 12.4 Å². The molecule has 0 spiro atoms. The second-order valence-electron chi connectivity index (χ2n) is 3.44. The van der Waals surface area contributed by atoms with Gasteiger partial charge in [-0.3, -0.25) is 0 Å². The van der Waals surface area contributed by atoms with Crippen molar-refractivity contribution in [3.05, 3.63) is 48.1 Å². The Hall–Kier alpha value is -2.03. The van der Waals surface area contributed by atoms with E-state index < -0.39 is 5.97 Å². The first-order valence-electron chi connectivity index (χ1n) is 4.81. The summed E-state index contributed by atoms with van der Waals surface area (Å²) < 4.78 is 4.99. The van der Waals surface area contributed by atoms with E-state index in [4.69, 9.17) is 4.74 Å². The summed E-state index contributed by atoms with van der Waals surface area (Å²) >= 11 is 0. The Morgan fingerprint density at radius 2 is 2.25 bits per heavy atom. The minimum absolute atomic E-state index is 0.0987. The Bertz CT molecular complexity index is 433. The fourth-order valence-corrected chi connectivity index (χ4v) is 1.18. The summed E-state index contributed by atoms with van der Waals surface area (Å²) in [5, 5.41) is 9.32. The van der Waals surface area contributed by atoms with Crippen molar-refractivity contribution in [2.45, 2.75) is 13.5 Å². The van der Waals surface area contributed by atoms with Gasteiger partial charge in [-0.25, -0.2) is 4.79 Å². The first-order chi connectivity index (χ1) is 7.54. The Labute approximate surface area is 94.7 Å². The molecule has 1 rings (SSSR count). The molecule has 0 saturated carbocycles. The Morgan fingerprint density at radius 3 is 2.81 bits per heavy atom. The topological polar surface area (TPSA) is 46.5 Å². The van der Waals surface area contributed by atoms with Gasteiger partial charge in [-0.2, -0.15) is 0 Å². The third-order valence-electron chi connectivity index (χ3n) is 2.05. The molecule has 84 valence electrons. The molecule has 0 aliphatic carbocycles. The van der Waals surface area contributed by atoms with Crippen molar-refractivity contribution >= 4 is 12.0 Å². The maximum Gasteiger partial charge on any atom is 0.333 e. The average molecular weight is 218 g/mol. The molecule has 0 amide bonds. The van der Waals surface area contributed by atoms with Gasteiger partial charge in [0.25, 0.3) is 0 Å². The van der Waals surface area contributed by atoms with Gasteiger partial charge in [0, 0.05) is 11.1 Å². The fraction of sp³-hybridized carbons (Fsp3) is 0.154. The number of ether oxygens (including phenoxy) is 1. The van der Waals surface area contributed by atoms with Crippen molar-refractivity contribution in [1.29, 1.82) is 0 Å². The average Bonchev–Trinajstić information content (AvgIpc) is 2.25. The van der Waals surface area contributed by atoms with E-state index in [0.29, 0.717) is 11.1 Å². The Morgan fingerprint density at radius 1 is 1.56 bits per heavy atom. The summed E-state index contributed by atoms with van der Waals surface area (Å²) in [6, 6.07) is 4.82. The van der Waals surface area contributed by atoms with Crippen molar-refractivity contribution in [3.63, 3.8) is 0 Å². The molecule has 0 radical (unpaired) electrons. The number of esters is 1. The van der Waals surface area contributed by atoms with Crippen LogP contribution in [-0.4, -0.2) is 11.1 Å². The predicted molar refractivity (Wildman–Crippen MR) is 62.8 cm³/mol. The minimum Gasteiger partial charge on any atom is -0.508 e. The van der Waals surface area contributed by atoms with Crippen LogP contribution in [0.3, 0.4) is 0 Å². The van der Waals surface area contributed by atoms with Crippen molar-refractivity contribution < 1.29 is 14.6 Å². The summed E-state index contributed by atoms with van der Waals surface area (Å²) in [6.45, 7) is 8.81. The molecule has 3 nitrogen and oxygen atoms in total. The van der Waals surface area contributed by atoms with Gasteiger partial charge in [0.1, 0.15) is 12.4 Å². The van der Waals surface area contributed by atoms with Crippen molar-refractivity contribution in [2.75, 3.05) is 0 Å². The smallest absolute Gasteiger partial charge is 0.333 e. The number of rotatable bonds is 4. The van der Waals surface area contributed by atoms with Gasteiger partial charge in [-0.15, -0.1) is 0 Å². The Balaban J connectivity index is 2.80. The van der Waals surface area contributed by atoms with E-state index >= 15 is 0 Å². The largest absolute Gasteiger partial charge is 0.508 e. The highest BCUT2D eigenvalue weighted by Crippen LogP contribution is 2.18. The zero-order chi connectivity index (χ0) is 12.1. The lowest BCUT2D eigenvalue weighted by Crippen LogP contribution is -2.05. The van der Waals surface area contributed by atoms with E-state index in [1.807, 2.05) is 0 Å². The zero-order valence-corrected chi connectivity index (χ0v) is 9.19. The highest BCUT2D eigenvalue weighted by molar-refractivity contribution is 5.86. The number of aromatic hydroxyl groups is 1.